The highest BCUT2D eigenvalue weighted by Gasteiger charge is 2.30. The van der Waals surface area contributed by atoms with Gasteiger partial charge in [0.25, 0.3) is 5.91 Å². The molecule has 0 saturated heterocycles. The number of amidine groups is 1. The number of ether oxygens (including phenoxy) is 1. The van der Waals surface area contributed by atoms with E-state index < -0.39 is 11.9 Å². The van der Waals surface area contributed by atoms with Crippen LogP contribution < -0.4 is 0 Å². The quantitative estimate of drug-likeness (QED) is 0.456. The Morgan fingerprint density at radius 3 is 2.39 bits per heavy atom. The van der Waals surface area contributed by atoms with Gasteiger partial charge >= 0.3 is 5.97 Å². The Hall–Kier alpha value is -2.96. The van der Waals surface area contributed by atoms with E-state index in [1.165, 1.54) is 32.2 Å². The summed E-state index contributed by atoms with van der Waals surface area (Å²) >= 11 is 11.9. The molecule has 0 saturated carbocycles. The number of allylic oxidation sites excluding steroid dienone is 1. The van der Waals surface area contributed by atoms with Crippen LogP contribution in [0.5, 0.6) is 0 Å². The topological polar surface area (TPSA) is 88.3 Å². The number of fused-ring (bicyclic) bond motifs is 1. The molecule has 28 heavy (non-hydrogen) atoms. The number of hydrogen-bond donors (Lipinski definition) is 1. The van der Waals surface area contributed by atoms with Crippen LogP contribution in [0.3, 0.4) is 0 Å². The molecule has 6 nitrogen and oxygen atoms in total. The summed E-state index contributed by atoms with van der Waals surface area (Å²) in [5.74, 6) is -1.51. The molecule has 0 fully saturated rings. The molecular formula is C20H14Cl2N2O4. The molecule has 0 aliphatic carbocycles. The molecule has 1 aliphatic rings. The number of carbonyl (C=O) groups excluding carboxylic acids is 2. The molecule has 0 spiro atoms. The Balaban J connectivity index is 2.13. The maximum Gasteiger partial charge on any atom is 0.343 e. The molecule has 2 aromatic rings. The number of halogens is 2. The summed E-state index contributed by atoms with van der Waals surface area (Å²) in [7, 11) is 1.20. The van der Waals surface area contributed by atoms with Crippen molar-refractivity contribution >= 4 is 46.6 Å². The normalized spacial score (nSPS) is 15.0. The average Bonchev–Trinajstić information content (AvgIpc) is 2.99. The Morgan fingerprint density at radius 2 is 1.79 bits per heavy atom. The van der Waals surface area contributed by atoms with E-state index in [9.17, 15) is 14.7 Å². The largest absolute Gasteiger partial charge is 0.512 e. The van der Waals surface area contributed by atoms with Gasteiger partial charge in [-0.25, -0.2) is 9.79 Å². The Bertz CT molecular complexity index is 1080. The van der Waals surface area contributed by atoms with E-state index in [0.717, 1.165) is 0 Å². The third-order valence-corrected chi connectivity index (χ3v) is 4.55. The fourth-order valence-electron chi connectivity index (χ4n) is 2.72. The lowest BCUT2D eigenvalue weighted by molar-refractivity contribution is -0.135. The fourth-order valence-corrected chi connectivity index (χ4v) is 3.21. The van der Waals surface area contributed by atoms with Crippen LogP contribution in [0.25, 0.3) is 0 Å². The molecular weight excluding hydrogens is 403 g/mol. The molecule has 3 rings (SSSR count). The van der Waals surface area contributed by atoms with Crippen LogP contribution in [0.4, 0.5) is 0 Å². The van der Waals surface area contributed by atoms with E-state index in [-0.39, 0.29) is 33.5 Å². The number of aliphatic hydroxyl groups is 1. The van der Waals surface area contributed by atoms with Crippen molar-refractivity contribution in [3.05, 3.63) is 80.5 Å². The molecule has 0 unspecified atom stereocenters. The van der Waals surface area contributed by atoms with Gasteiger partial charge in [-0.2, -0.15) is 4.99 Å². The number of methoxy groups -OCH3 is 1. The molecule has 0 bridgehead atoms. The summed E-state index contributed by atoms with van der Waals surface area (Å²) in [4.78, 5) is 33.1. The number of carbonyl (C=O) groups is 2. The first-order chi connectivity index (χ1) is 13.3. The van der Waals surface area contributed by atoms with Gasteiger partial charge in [-0.1, -0.05) is 47.5 Å². The first-order valence-electron chi connectivity index (χ1n) is 8.08. The molecule has 0 aromatic heterocycles. The number of esters is 1. The van der Waals surface area contributed by atoms with Crippen LogP contribution in [-0.4, -0.2) is 35.6 Å². The summed E-state index contributed by atoms with van der Waals surface area (Å²) in [6, 6.07) is 11.4. The zero-order valence-corrected chi connectivity index (χ0v) is 16.4. The van der Waals surface area contributed by atoms with Gasteiger partial charge in [-0.15, -0.1) is 0 Å². The minimum Gasteiger partial charge on any atom is -0.512 e. The minimum atomic E-state index is -0.748. The van der Waals surface area contributed by atoms with Crippen molar-refractivity contribution in [2.24, 2.45) is 9.98 Å². The summed E-state index contributed by atoms with van der Waals surface area (Å²) < 4.78 is 4.74. The molecule has 0 atom stereocenters. The zero-order chi connectivity index (χ0) is 20.4. The monoisotopic (exact) mass is 416 g/mol. The van der Waals surface area contributed by atoms with Crippen LogP contribution in [0.1, 0.15) is 28.4 Å². The fraction of sp³-hybridized carbons (Fsp3) is 0.100. The van der Waals surface area contributed by atoms with E-state index in [1.807, 2.05) is 0 Å². The third kappa shape index (κ3) is 3.69. The van der Waals surface area contributed by atoms with E-state index >= 15 is 0 Å². The van der Waals surface area contributed by atoms with Crippen LogP contribution in [0.15, 0.2) is 63.8 Å². The standard InChI is InChI=1S/C20H14Cl2N2O4/c1-10(25)16(20(27)28-2)17-12-5-3-4-6-13(12)18(23-17)24-19(26)14-8-7-11(21)9-15(14)22/h3-9,25H,1-2H3. The number of hydrogen-bond acceptors (Lipinski definition) is 4. The van der Waals surface area contributed by atoms with Crippen molar-refractivity contribution in [3.8, 4) is 0 Å². The summed E-state index contributed by atoms with van der Waals surface area (Å²) in [5.41, 5.74) is 1.33. The first kappa shape index (κ1) is 19.8. The van der Waals surface area contributed by atoms with Crippen molar-refractivity contribution in [2.45, 2.75) is 6.92 Å². The molecule has 0 radical (unpaired) electrons. The third-order valence-electron chi connectivity index (χ3n) is 4.00. The highest BCUT2D eigenvalue weighted by Crippen LogP contribution is 2.27. The second kappa shape index (κ2) is 7.96. The second-order valence-electron chi connectivity index (χ2n) is 5.82. The van der Waals surface area contributed by atoms with E-state index in [2.05, 4.69) is 9.98 Å². The van der Waals surface area contributed by atoms with Gasteiger partial charge in [0.2, 0.25) is 0 Å². The number of amides is 1. The van der Waals surface area contributed by atoms with Gasteiger partial charge in [0.05, 0.1) is 23.4 Å². The predicted molar refractivity (Wildman–Crippen MR) is 108 cm³/mol. The number of aliphatic imine (C=N–C) groups is 2. The summed E-state index contributed by atoms with van der Waals surface area (Å²) in [6.07, 6.45) is 0. The van der Waals surface area contributed by atoms with Gasteiger partial charge in [0, 0.05) is 16.1 Å². The Labute approximate surface area is 170 Å². The van der Waals surface area contributed by atoms with Crippen LogP contribution in [-0.2, 0) is 9.53 Å². The Kier molecular flexibility index (Phi) is 5.63. The summed E-state index contributed by atoms with van der Waals surface area (Å²) in [6.45, 7) is 1.35. The average molecular weight is 417 g/mol. The lowest BCUT2D eigenvalue weighted by atomic mass is 9.99. The maximum absolute atomic E-state index is 12.6. The van der Waals surface area contributed by atoms with Gasteiger partial charge in [-0.05, 0) is 25.1 Å². The van der Waals surface area contributed by atoms with Crippen LogP contribution >= 0.6 is 23.2 Å². The predicted octanol–water partition coefficient (Wildman–Crippen LogP) is 4.39. The SMILES string of the molecule is COC(=O)C(C1=NC(=NC(=O)c2ccc(Cl)cc2Cl)c2ccccc21)=C(C)O. The minimum absolute atomic E-state index is 0.0999. The zero-order valence-electron chi connectivity index (χ0n) is 14.9. The van der Waals surface area contributed by atoms with E-state index in [1.54, 1.807) is 24.3 Å². The lowest BCUT2D eigenvalue weighted by Crippen LogP contribution is -2.16. The maximum atomic E-state index is 12.6. The van der Waals surface area contributed by atoms with Gasteiger partial charge < -0.3 is 9.84 Å². The molecule has 1 heterocycles. The van der Waals surface area contributed by atoms with Crippen LogP contribution in [0, 0.1) is 0 Å². The Morgan fingerprint density at radius 1 is 1.11 bits per heavy atom. The summed E-state index contributed by atoms with van der Waals surface area (Å²) in [5, 5.41) is 10.5. The number of aliphatic hydroxyl groups excluding tert-OH is 1. The van der Waals surface area contributed by atoms with Gasteiger partial charge in [0.15, 0.2) is 5.84 Å². The van der Waals surface area contributed by atoms with Crippen molar-refractivity contribution < 1.29 is 19.4 Å². The van der Waals surface area contributed by atoms with Crippen molar-refractivity contribution in [1.29, 1.82) is 0 Å². The van der Waals surface area contributed by atoms with Gasteiger partial charge in [0.1, 0.15) is 11.3 Å². The highest BCUT2D eigenvalue weighted by molar-refractivity contribution is 6.38. The van der Waals surface area contributed by atoms with E-state index in [4.69, 9.17) is 27.9 Å². The molecule has 1 aliphatic heterocycles. The molecule has 142 valence electrons. The molecule has 1 amide bonds. The van der Waals surface area contributed by atoms with Gasteiger partial charge in [-0.3, -0.25) is 4.79 Å². The lowest BCUT2D eigenvalue weighted by Gasteiger charge is -2.07. The molecule has 8 heteroatoms. The second-order valence-corrected chi connectivity index (χ2v) is 6.67. The van der Waals surface area contributed by atoms with E-state index in [0.29, 0.717) is 16.1 Å². The van der Waals surface area contributed by atoms with Crippen molar-refractivity contribution in [1.82, 2.24) is 0 Å². The molecule has 1 N–H and O–H groups in total. The van der Waals surface area contributed by atoms with Crippen molar-refractivity contribution in [2.75, 3.05) is 7.11 Å². The smallest absolute Gasteiger partial charge is 0.343 e. The molecule has 2 aromatic carbocycles. The number of rotatable bonds is 3. The van der Waals surface area contributed by atoms with Crippen molar-refractivity contribution in [3.63, 3.8) is 0 Å². The first-order valence-corrected chi connectivity index (χ1v) is 8.84. The van der Waals surface area contributed by atoms with Crippen LogP contribution in [0.2, 0.25) is 10.0 Å². The number of benzene rings is 2. The number of nitrogens with zero attached hydrogens (tertiary/aromatic N) is 2. The highest BCUT2D eigenvalue weighted by atomic mass is 35.5.